The number of carbonyl (C=O) groups excluding carboxylic acids is 2. The van der Waals surface area contributed by atoms with E-state index in [0.717, 1.165) is 18.7 Å². The Morgan fingerprint density at radius 1 is 0.969 bits per heavy atom. The lowest BCUT2D eigenvalue weighted by Gasteiger charge is -2.35. The lowest BCUT2D eigenvalue weighted by atomic mass is 9.87. The van der Waals surface area contributed by atoms with E-state index in [2.05, 4.69) is 10.2 Å². The summed E-state index contributed by atoms with van der Waals surface area (Å²) >= 11 is 12.1. The second-order valence-corrected chi connectivity index (χ2v) is 9.57. The first-order valence-corrected chi connectivity index (χ1v) is 11.6. The molecule has 170 valence electrons. The van der Waals surface area contributed by atoms with Gasteiger partial charge in [0.25, 0.3) is 5.91 Å². The molecular formula is C24H26Cl2FN3O2. The molecule has 32 heavy (non-hydrogen) atoms. The third kappa shape index (κ3) is 5.25. The minimum atomic E-state index is -0.309. The molecule has 4 rings (SSSR count). The summed E-state index contributed by atoms with van der Waals surface area (Å²) < 4.78 is 13.5. The number of nitrogens with zero attached hydrogens (tertiary/aromatic N) is 2. The van der Waals surface area contributed by atoms with E-state index in [1.54, 1.807) is 30.3 Å². The fourth-order valence-corrected chi connectivity index (χ4v) is 5.25. The Bertz CT molecular complexity index is 973. The molecule has 0 spiro atoms. The minimum absolute atomic E-state index is 0.0870. The van der Waals surface area contributed by atoms with Crippen molar-refractivity contribution in [3.8, 4) is 0 Å². The van der Waals surface area contributed by atoms with Gasteiger partial charge in [-0.15, -0.1) is 0 Å². The Morgan fingerprint density at radius 3 is 2.22 bits per heavy atom. The number of benzene rings is 2. The summed E-state index contributed by atoms with van der Waals surface area (Å²) in [5, 5.41) is 3.83. The van der Waals surface area contributed by atoms with Crippen molar-refractivity contribution in [3.63, 3.8) is 0 Å². The zero-order valence-corrected chi connectivity index (χ0v) is 19.4. The van der Waals surface area contributed by atoms with Crippen molar-refractivity contribution in [2.75, 3.05) is 33.2 Å². The summed E-state index contributed by atoms with van der Waals surface area (Å²) in [7, 11) is 2.05. The van der Waals surface area contributed by atoms with Crippen molar-refractivity contribution in [3.05, 3.63) is 69.5 Å². The second-order valence-electron chi connectivity index (χ2n) is 8.69. The molecule has 2 aromatic carbocycles. The Labute approximate surface area is 197 Å². The van der Waals surface area contributed by atoms with Crippen molar-refractivity contribution >= 4 is 35.0 Å². The summed E-state index contributed by atoms with van der Waals surface area (Å²) in [6, 6.07) is 10.9. The molecule has 1 saturated carbocycles. The minimum Gasteiger partial charge on any atom is -0.349 e. The van der Waals surface area contributed by atoms with Gasteiger partial charge >= 0.3 is 0 Å². The molecule has 1 aliphatic heterocycles. The lowest BCUT2D eigenvalue weighted by molar-refractivity contribution is -0.137. The Hall–Kier alpha value is -2.15. The van der Waals surface area contributed by atoms with Crippen LogP contribution in [0.1, 0.15) is 34.7 Å². The molecule has 0 aromatic heterocycles. The van der Waals surface area contributed by atoms with Crippen LogP contribution in [0.15, 0.2) is 42.5 Å². The molecule has 8 heteroatoms. The van der Waals surface area contributed by atoms with Crippen LogP contribution in [0.4, 0.5) is 4.39 Å². The van der Waals surface area contributed by atoms with Crippen LogP contribution in [-0.4, -0.2) is 60.9 Å². The van der Waals surface area contributed by atoms with Gasteiger partial charge in [0, 0.05) is 53.7 Å². The summed E-state index contributed by atoms with van der Waals surface area (Å²) in [5.41, 5.74) is 1.30. The van der Waals surface area contributed by atoms with Crippen molar-refractivity contribution in [2.24, 2.45) is 5.92 Å². The molecule has 0 radical (unpaired) electrons. The van der Waals surface area contributed by atoms with Gasteiger partial charge in [0.05, 0.1) is 0 Å². The molecule has 3 atom stereocenters. The van der Waals surface area contributed by atoms with Gasteiger partial charge < -0.3 is 15.1 Å². The average molecular weight is 478 g/mol. The van der Waals surface area contributed by atoms with Crippen molar-refractivity contribution in [1.29, 1.82) is 0 Å². The van der Waals surface area contributed by atoms with Crippen LogP contribution in [0, 0.1) is 11.7 Å². The largest absolute Gasteiger partial charge is 0.349 e. The van der Waals surface area contributed by atoms with Gasteiger partial charge in [-0.3, -0.25) is 9.59 Å². The van der Waals surface area contributed by atoms with E-state index < -0.39 is 0 Å². The van der Waals surface area contributed by atoms with Gasteiger partial charge in [0.2, 0.25) is 5.91 Å². The van der Waals surface area contributed by atoms with Gasteiger partial charge in [-0.1, -0.05) is 35.3 Å². The molecule has 2 amide bonds. The number of halogens is 3. The molecule has 1 saturated heterocycles. The smallest absolute Gasteiger partial charge is 0.251 e. The fourth-order valence-electron chi connectivity index (χ4n) is 4.72. The van der Waals surface area contributed by atoms with E-state index in [1.807, 2.05) is 11.9 Å². The highest BCUT2D eigenvalue weighted by molar-refractivity contribution is 6.35. The monoisotopic (exact) mass is 477 g/mol. The number of amides is 2. The van der Waals surface area contributed by atoms with Crippen LogP contribution in [-0.2, 0) is 4.79 Å². The first kappa shape index (κ1) is 23.0. The number of carbonyl (C=O) groups is 2. The molecule has 0 bridgehead atoms. The van der Waals surface area contributed by atoms with E-state index in [9.17, 15) is 14.0 Å². The number of piperazine rings is 1. The molecule has 2 aliphatic rings. The number of hydrogen-bond donors (Lipinski definition) is 1. The summed E-state index contributed by atoms with van der Waals surface area (Å²) in [5.74, 6) is -0.829. The van der Waals surface area contributed by atoms with Gasteiger partial charge in [-0.2, -0.15) is 0 Å². The molecule has 2 aromatic rings. The number of rotatable bonds is 4. The zero-order valence-electron chi connectivity index (χ0n) is 17.9. The number of hydrogen-bond acceptors (Lipinski definition) is 3. The fraction of sp³-hybridized carbons (Fsp3) is 0.417. The van der Waals surface area contributed by atoms with Crippen LogP contribution in [0.2, 0.25) is 10.0 Å². The molecule has 0 unspecified atom stereocenters. The zero-order chi connectivity index (χ0) is 22.8. The summed E-state index contributed by atoms with van der Waals surface area (Å²) in [6.07, 6.45) is 1.14. The van der Waals surface area contributed by atoms with Crippen molar-refractivity contribution in [2.45, 2.75) is 24.8 Å². The topological polar surface area (TPSA) is 52.6 Å². The Balaban J connectivity index is 1.53. The third-order valence-corrected chi connectivity index (χ3v) is 6.89. The standard InChI is InChI=1S/C24H26Cl2FN3O2/c1-29-6-8-30(9-7-29)24(32)22-14-20(13-21(22)15-2-4-19(27)5-3-15)28-23(31)16-10-17(25)12-18(26)11-16/h2-5,10-12,20-22H,6-9,13-14H2,1H3,(H,28,31)/t20-,21+,22-/m0/s1. The number of nitrogens with one attached hydrogen (secondary N) is 1. The highest BCUT2D eigenvalue weighted by Gasteiger charge is 2.42. The van der Waals surface area contributed by atoms with Crippen LogP contribution in [0.5, 0.6) is 0 Å². The predicted octanol–water partition coefficient (Wildman–Crippen LogP) is 4.20. The van der Waals surface area contributed by atoms with Gasteiger partial charge in [0.15, 0.2) is 0 Å². The van der Waals surface area contributed by atoms with Crippen LogP contribution in [0.25, 0.3) is 0 Å². The first-order valence-electron chi connectivity index (χ1n) is 10.8. The Morgan fingerprint density at radius 2 is 1.59 bits per heavy atom. The van der Waals surface area contributed by atoms with Crippen LogP contribution >= 0.6 is 23.2 Å². The van der Waals surface area contributed by atoms with Gasteiger partial charge in [-0.05, 0) is 61.7 Å². The molecule has 1 N–H and O–H groups in total. The van der Waals surface area contributed by atoms with Gasteiger partial charge in [-0.25, -0.2) is 4.39 Å². The maximum Gasteiger partial charge on any atom is 0.251 e. The number of likely N-dealkylation sites (N-methyl/N-ethyl adjacent to an activating group) is 1. The molecule has 2 fully saturated rings. The highest BCUT2D eigenvalue weighted by atomic mass is 35.5. The maximum absolute atomic E-state index is 13.5. The SMILES string of the molecule is CN1CCN(C(=O)[C@H]2C[C@@H](NC(=O)c3cc(Cl)cc(Cl)c3)C[C@@H]2c2ccc(F)cc2)CC1. The van der Waals surface area contributed by atoms with E-state index in [0.29, 0.717) is 41.5 Å². The highest BCUT2D eigenvalue weighted by Crippen LogP contribution is 2.41. The van der Waals surface area contributed by atoms with E-state index in [4.69, 9.17) is 23.2 Å². The summed E-state index contributed by atoms with van der Waals surface area (Å²) in [4.78, 5) is 30.4. The van der Waals surface area contributed by atoms with E-state index in [-0.39, 0.29) is 35.5 Å². The maximum atomic E-state index is 13.5. The Kier molecular flexibility index (Phi) is 7.03. The van der Waals surface area contributed by atoms with E-state index >= 15 is 0 Å². The quantitative estimate of drug-likeness (QED) is 0.717. The van der Waals surface area contributed by atoms with Crippen LogP contribution in [0.3, 0.4) is 0 Å². The van der Waals surface area contributed by atoms with Crippen molar-refractivity contribution < 1.29 is 14.0 Å². The summed E-state index contributed by atoms with van der Waals surface area (Å²) in [6.45, 7) is 3.07. The molecule has 5 nitrogen and oxygen atoms in total. The van der Waals surface area contributed by atoms with E-state index in [1.165, 1.54) is 12.1 Å². The molecule has 1 heterocycles. The lowest BCUT2D eigenvalue weighted by Crippen LogP contribution is -2.49. The van der Waals surface area contributed by atoms with Crippen molar-refractivity contribution in [1.82, 2.24) is 15.1 Å². The van der Waals surface area contributed by atoms with Crippen LogP contribution < -0.4 is 5.32 Å². The molecule has 1 aliphatic carbocycles. The average Bonchev–Trinajstić information content (AvgIpc) is 3.17. The third-order valence-electron chi connectivity index (χ3n) is 6.45. The first-order chi connectivity index (χ1) is 15.3. The second kappa shape index (κ2) is 9.77. The molecular weight excluding hydrogens is 452 g/mol. The van der Waals surface area contributed by atoms with Gasteiger partial charge in [0.1, 0.15) is 5.82 Å². The normalized spacial score (nSPS) is 23.9. The predicted molar refractivity (Wildman–Crippen MR) is 124 cm³/mol.